The van der Waals surface area contributed by atoms with Crippen LogP contribution in [0.2, 0.25) is 0 Å². The van der Waals surface area contributed by atoms with Gasteiger partial charge in [0.2, 0.25) is 17.7 Å². The average molecular weight is 465 g/mol. The molecular formula is C26H32N4O4. The topological polar surface area (TPSA) is 91.8 Å². The van der Waals surface area contributed by atoms with Gasteiger partial charge in [0.25, 0.3) is 0 Å². The SMILES string of the molecule is Cc1cccc(NC(=O)CN(CC2CCCO2)C(=O)C2CC(=O)N(Cc3ccccn3)C2)c1C. The molecule has 1 aromatic carbocycles. The molecule has 0 saturated carbocycles. The smallest absolute Gasteiger partial charge is 0.244 e. The minimum atomic E-state index is -0.480. The van der Waals surface area contributed by atoms with Gasteiger partial charge in [-0.15, -0.1) is 0 Å². The van der Waals surface area contributed by atoms with Gasteiger partial charge in [-0.25, -0.2) is 0 Å². The molecule has 2 aliphatic heterocycles. The molecule has 2 saturated heterocycles. The zero-order valence-electron chi connectivity index (χ0n) is 19.8. The lowest BCUT2D eigenvalue weighted by molar-refractivity contribution is -0.139. The van der Waals surface area contributed by atoms with E-state index in [0.717, 1.165) is 35.3 Å². The summed E-state index contributed by atoms with van der Waals surface area (Å²) in [6.07, 6.45) is 3.56. The van der Waals surface area contributed by atoms with Gasteiger partial charge < -0.3 is 19.9 Å². The van der Waals surface area contributed by atoms with Crippen molar-refractivity contribution in [2.24, 2.45) is 5.92 Å². The Morgan fingerprint density at radius 2 is 2.06 bits per heavy atom. The first-order chi connectivity index (χ1) is 16.4. The van der Waals surface area contributed by atoms with Crippen LogP contribution in [-0.4, -0.2) is 64.9 Å². The summed E-state index contributed by atoms with van der Waals surface area (Å²) in [7, 11) is 0. The summed E-state index contributed by atoms with van der Waals surface area (Å²) in [6.45, 7) is 5.60. The molecule has 0 spiro atoms. The second-order valence-electron chi connectivity index (χ2n) is 9.15. The highest BCUT2D eigenvalue weighted by atomic mass is 16.5. The van der Waals surface area contributed by atoms with E-state index in [2.05, 4.69) is 10.3 Å². The highest BCUT2D eigenvalue weighted by molar-refractivity contribution is 5.96. The van der Waals surface area contributed by atoms with E-state index in [1.807, 2.05) is 50.2 Å². The van der Waals surface area contributed by atoms with E-state index in [1.54, 1.807) is 16.0 Å². The Bertz CT molecular complexity index is 1040. The molecule has 1 aromatic heterocycles. The normalized spacial score (nSPS) is 19.9. The number of benzene rings is 1. The molecule has 3 heterocycles. The molecule has 0 bridgehead atoms. The van der Waals surface area contributed by atoms with Crippen molar-refractivity contribution in [1.82, 2.24) is 14.8 Å². The van der Waals surface area contributed by atoms with Crippen LogP contribution in [0.5, 0.6) is 0 Å². The van der Waals surface area contributed by atoms with Crippen molar-refractivity contribution in [2.75, 3.05) is 31.6 Å². The Morgan fingerprint density at radius 3 is 2.79 bits per heavy atom. The second-order valence-corrected chi connectivity index (χ2v) is 9.15. The lowest BCUT2D eigenvalue weighted by atomic mass is 10.1. The standard InChI is InChI=1S/C26H32N4O4/c1-18-7-5-10-23(19(18)2)28-24(31)17-30(16-22-9-6-12-34-22)26(33)20-13-25(32)29(14-20)15-21-8-3-4-11-27-21/h3-5,7-8,10-11,20,22H,6,9,12-17H2,1-2H3,(H,28,31). The third-order valence-corrected chi connectivity index (χ3v) is 6.62. The van der Waals surface area contributed by atoms with Crippen molar-refractivity contribution in [3.05, 3.63) is 59.4 Å². The van der Waals surface area contributed by atoms with E-state index >= 15 is 0 Å². The van der Waals surface area contributed by atoms with Gasteiger partial charge in [-0.1, -0.05) is 18.2 Å². The number of aryl methyl sites for hydroxylation is 1. The molecule has 2 aliphatic rings. The minimum absolute atomic E-state index is 0.0686. The fourth-order valence-corrected chi connectivity index (χ4v) is 4.55. The lowest BCUT2D eigenvalue weighted by Crippen LogP contribution is -2.45. The molecule has 34 heavy (non-hydrogen) atoms. The van der Waals surface area contributed by atoms with Crippen molar-refractivity contribution in [1.29, 1.82) is 0 Å². The molecule has 180 valence electrons. The highest BCUT2D eigenvalue weighted by Gasteiger charge is 2.38. The second kappa shape index (κ2) is 10.8. The number of rotatable bonds is 8. The zero-order valence-corrected chi connectivity index (χ0v) is 19.8. The molecule has 3 amide bonds. The van der Waals surface area contributed by atoms with Gasteiger partial charge in [-0.05, 0) is 56.0 Å². The highest BCUT2D eigenvalue weighted by Crippen LogP contribution is 2.24. The van der Waals surface area contributed by atoms with E-state index < -0.39 is 5.92 Å². The molecular weight excluding hydrogens is 432 g/mol. The van der Waals surface area contributed by atoms with Crippen LogP contribution in [0.4, 0.5) is 5.69 Å². The third-order valence-electron chi connectivity index (χ3n) is 6.62. The molecule has 2 aromatic rings. The van der Waals surface area contributed by atoms with Crippen LogP contribution in [0.15, 0.2) is 42.6 Å². The predicted molar refractivity (Wildman–Crippen MR) is 128 cm³/mol. The van der Waals surface area contributed by atoms with Gasteiger partial charge in [0.1, 0.15) is 0 Å². The number of carbonyl (C=O) groups excluding carboxylic acids is 3. The van der Waals surface area contributed by atoms with Crippen molar-refractivity contribution < 1.29 is 19.1 Å². The van der Waals surface area contributed by atoms with Crippen LogP contribution in [0.25, 0.3) is 0 Å². The van der Waals surface area contributed by atoms with Gasteiger partial charge in [-0.2, -0.15) is 0 Å². The maximum atomic E-state index is 13.5. The fourth-order valence-electron chi connectivity index (χ4n) is 4.55. The van der Waals surface area contributed by atoms with Crippen molar-refractivity contribution in [3.8, 4) is 0 Å². The number of amides is 3. The third kappa shape index (κ3) is 5.80. The zero-order chi connectivity index (χ0) is 24.1. The molecule has 1 N–H and O–H groups in total. The summed E-state index contributed by atoms with van der Waals surface area (Å²) < 4.78 is 5.74. The first-order valence-corrected chi connectivity index (χ1v) is 11.8. The van der Waals surface area contributed by atoms with Crippen LogP contribution in [0, 0.1) is 19.8 Å². The summed E-state index contributed by atoms with van der Waals surface area (Å²) in [5.41, 5.74) is 3.61. The van der Waals surface area contributed by atoms with Gasteiger partial charge in [0.15, 0.2) is 0 Å². The number of pyridine rings is 1. The Hall–Kier alpha value is -3.26. The summed E-state index contributed by atoms with van der Waals surface area (Å²) in [4.78, 5) is 46.5. The van der Waals surface area contributed by atoms with Crippen molar-refractivity contribution >= 4 is 23.4 Å². The largest absolute Gasteiger partial charge is 0.376 e. The number of hydrogen-bond acceptors (Lipinski definition) is 5. The van der Waals surface area contributed by atoms with Gasteiger partial charge >= 0.3 is 0 Å². The van der Waals surface area contributed by atoms with Gasteiger partial charge in [0, 0.05) is 38.0 Å². The van der Waals surface area contributed by atoms with E-state index in [9.17, 15) is 14.4 Å². The van der Waals surface area contributed by atoms with Gasteiger partial charge in [-0.3, -0.25) is 19.4 Å². The number of aromatic nitrogens is 1. The van der Waals surface area contributed by atoms with Crippen molar-refractivity contribution in [3.63, 3.8) is 0 Å². The predicted octanol–water partition coefficient (Wildman–Crippen LogP) is 2.69. The summed E-state index contributed by atoms with van der Waals surface area (Å²) in [6, 6.07) is 11.3. The van der Waals surface area contributed by atoms with Crippen LogP contribution < -0.4 is 5.32 Å². The number of hydrogen-bond donors (Lipinski definition) is 1. The van der Waals surface area contributed by atoms with Crippen LogP contribution in [0.1, 0.15) is 36.1 Å². The molecule has 8 nitrogen and oxygen atoms in total. The van der Waals surface area contributed by atoms with E-state index in [4.69, 9.17) is 4.74 Å². The number of likely N-dealkylation sites (tertiary alicyclic amines) is 1. The van der Waals surface area contributed by atoms with E-state index in [0.29, 0.717) is 26.2 Å². The fraction of sp³-hybridized carbons (Fsp3) is 0.462. The number of nitrogens with one attached hydrogen (secondary N) is 1. The average Bonchev–Trinajstić information content (AvgIpc) is 3.46. The van der Waals surface area contributed by atoms with Crippen LogP contribution >= 0.6 is 0 Å². The van der Waals surface area contributed by atoms with Gasteiger partial charge in [0.05, 0.1) is 30.8 Å². The molecule has 8 heteroatoms. The van der Waals surface area contributed by atoms with E-state index in [1.165, 1.54) is 0 Å². The molecule has 2 fully saturated rings. The van der Waals surface area contributed by atoms with E-state index in [-0.39, 0.29) is 36.8 Å². The Labute approximate surface area is 200 Å². The molecule has 2 atom stereocenters. The monoisotopic (exact) mass is 464 g/mol. The summed E-state index contributed by atoms with van der Waals surface area (Å²) in [5, 5.41) is 2.94. The maximum Gasteiger partial charge on any atom is 0.244 e. The number of carbonyl (C=O) groups is 3. The summed E-state index contributed by atoms with van der Waals surface area (Å²) in [5.74, 6) is -0.981. The number of anilines is 1. The number of nitrogens with zero attached hydrogens (tertiary/aromatic N) is 3. The Balaban J connectivity index is 1.43. The minimum Gasteiger partial charge on any atom is -0.376 e. The lowest BCUT2D eigenvalue weighted by Gasteiger charge is -2.27. The first kappa shape index (κ1) is 23.9. The quantitative estimate of drug-likeness (QED) is 0.649. The maximum absolute atomic E-state index is 13.5. The number of ether oxygens (including phenoxy) is 1. The molecule has 2 unspecified atom stereocenters. The molecule has 4 rings (SSSR count). The first-order valence-electron chi connectivity index (χ1n) is 11.8. The molecule has 0 radical (unpaired) electrons. The Morgan fingerprint density at radius 1 is 1.21 bits per heavy atom. The van der Waals surface area contributed by atoms with Crippen molar-refractivity contribution in [2.45, 2.75) is 45.8 Å². The van der Waals surface area contributed by atoms with Crippen LogP contribution in [0.3, 0.4) is 0 Å². The summed E-state index contributed by atoms with van der Waals surface area (Å²) >= 11 is 0. The van der Waals surface area contributed by atoms with Crippen LogP contribution in [-0.2, 0) is 25.7 Å². The molecule has 0 aliphatic carbocycles. The Kier molecular flexibility index (Phi) is 7.57.